The fourth-order valence-corrected chi connectivity index (χ4v) is 2.20. The Kier molecular flexibility index (Phi) is 3.93. The topological polar surface area (TPSA) is 44.1 Å². The number of rotatable bonds is 3. The van der Waals surface area contributed by atoms with Gasteiger partial charge in [-0.1, -0.05) is 12.1 Å². The second-order valence-electron chi connectivity index (χ2n) is 4.54. The molecule has 18 heavy (non-hydrogen) atoms. The van der Waals surface area contributed by atoms with Crippen molar-refractivity contribution in [3.8, 4) is 6.07 Å². The van der Waals surface area contributed by atoms with Crippen LogP contribution < -0.4 is 0 Å². The molecule has 1 aliphatic rings. The number of carbonyl (C=O) groups is 1. The lowest BCUT2D eigenvalue weighted by Crippen LogP contribution is -2.34. The SMILES string of the molecule is N#CC(Cc1ccc(F)cc1)C(=O)N1CCCC1. The number of benzene rings is 1. The molecule has 0 radical (unpaired) electrons. The summed E-state index contributed by atoms with van der Waals surface area (Å²) in [7, 11) is 0. The Labute approximate surface area is 106 Å². The largest absolute Gasteiger partial charge is 0.342 e. The molecular weight excluding hydrogens is 231 g/mol. The summed E-state index contributed by atoms with van der Waals surface area (Å²) in [6.45, 7) is 1.50. The van der Waals surface area contributed by atoms with Crippen LogP contribution in [-0.2, 0) is 11.2 Å². The highest BCUT2D eigenvalue weighted by Gasteiger charge is 2.26. The van der Waals surface area contributed by atoms with Gasteiger partial charge in [-0.3, -0.25) is 4.79 Å². The van der Waals surface area contributed by atoms with Crippen LogP contribution in [0, 0.1) is 23.1 Å². The fraction of sp³-hybridized carbons (Fsp3) is 0.429. The summed E-state index contributed by atoms with van der Waals surface area (Å²) in [4.78, 5) is 13.8. The van der Waals surface area contributed by atoms with E-state index >= 15 is 0 Å². The first-order valence-electron chi connectivity index (χ1n) is 6.13. The molecular formula is C14H15FN2O. The third kappa shape index (κ3) is 2.86. The quantitative estimate of drug-likeness (QED) is 0.820. The van der Waals surface area contributed by atoms with Crippen LogP contribution in [0.3, 0.4) is 0 Å². The van der Waals surface area contributed by atoms with Gasteiger partial charge in [0.15, 0.2) is 0 Å². The second kappa shape index (κ2) is 5.63. The first kappa shape index (κ1) is 12.6. The predicted molar refractivity (Wildman–Crippen MR) is 65.0 cm³/mol. The molecule has 2 rings (SSSR count). The average Bonchev–Trinajstić information content (AvgIpc) is 2.91. The molecule has 0 N–H and O–H groups in total. The number of nitriles is 1. The van der Waals surface area contributed by atoms with Gasteiger partial charge in [-0.25, -0.2) is 4.39 Å². The van der Waals surface area contributed by atoms with E-state index in [1.54, 1.807) is 17.0 Å². The van der Waals surface area contributed by atoms with Gasteiger partial charge in [0.05, 0.1) is 6.07 Å². The third-order valence-electron chi connectivity index (χ3n) is 3.22. The van der Waals surface area contributed by atoms with E-state index in [4.69, 9.17) is 5.26 Å². The minimum atomic E-state index is -0.659. The van der Waals surface area contributed by atoms with Crippen molar-refractivity contribution in [1.29, 1.82) is 5.26 Å². The highest BCUT2D eigenvalue weighted by atomic mass is 19.1. The second-order valence-corrected chi connectivity index (χ2v) is 4.54. The first-order valence-corrected chi connectivity index (χ1v) is 6.13. The van der Waals surface area contributed by atoms with E-state index in [2.05, 4.69) is 6.07 Å². The Morgan fingerprint density at radius 2 is 1.94 bits per heavy atom. The molecule has 1 aromatic carbocycles. The third-order valence-corrected chi connectivity index (χ3v) is 3.22. The van der Waals surface area contributed by atoms with Gasteiger partial charge in [-0.2, -0.15) is 5.26 Å². The maximum Gasteiger partial charge on any atom is 0.240 e. The van der Waals surface area contributed by atoms with Crippen LogP contribution >= 0.6 is 0 Å². The van der Waals surface area contributed by atoms with Crippen molar-refractivity contribution >= 4 is 5.91 Å². The molecule has 0 saturated carbocycles. The first-order chi connectivity index (χ1) is 8.70. The summed E-state index contributed by atoms with van der Waals surface area (Å²) >= 11 is 0. The Hall–Kier alpha value is -1.89. The van der Waals surface area contributed by atoms with E-state index in [1.807, 2.05) is 0 Å². The molecule has 1 unspecified atom stereocenters. The molecule has 1 heterocycles. The molecule has 94 valence electrons. The predicted octanol–water partition coefficient (Wildman–Crippen LogP) is 2.13. The zero-order valence-electron chi connectivity index (χ0n) is 10.1. The van der Waals surface area contributed by atoms with Crippen molar-refractivity contribution in [3.63, 3.8) is 0 Å². The summed E-state index contributed by atoms with van der Waals surface area (Å²) in [5, 5.41) is 9.10. The summed E-state index contributed by atoms with van der Waals surface area (Å²) in [5.41, 5.74) is 0.815. The van der Waals surface area contributed by atoms with Crippen LogP contribution in [0.1, 0.15) is 18.4 Å². The van der Waals surface area contributed by atoms with E-state index in [9.17, 15) is 9.18 Å². The van der Waals surface area contributed by atoms with E-state index in [0.29, 0.717) is 6.42 Å². The number of carbonyl (C=O) groups excluding carboxylic acids is 1. The lowest BCUT2D eigenvalue weighted by molar-refractivity contribution is -0.132. The van der Waals surface area contributed by atoms with Gasteiger partial charge in [0.2, 0.25) is 5.91 Å². The van der Waals surface area contributed by atoms with Crippen LogP contribution in [-0.4, -0.2) is 23.9 Å². The lowest BCUT2D eigenvalue weighted by Gasteiger charge is -2.18. The molecule has 1 saturated heterocycles. The summed E-state index contributed by atoms with van der Waals surface area (Å²) in [6.07, 6.45) is 2.38. The van der Waals surface area contributed by atoms with Crippen molar-refractivity contribution < 1.29 is 9.18 Å². The molecule has 4 heteroatoms. The molecule has 0 bridgehead atoms. The highest BCUT2D eigenvalue weighted by molar-refractivity contribution is 5.81. The van der Waals surface area contributed by atoms with Gasteiger partial charge < -0.3 is 4.90 Å². The Bertz CT molecular complexity index is 458. The van der Waals surface area contributed by atoms with E-state index in [-0.39, 0.29) is 11.7 Å². The van der Waals surface area contributed by atoms with Gasteiger partial charge in [0.1, 0.15) is 11.7 Å². The standard InChI is InChI=1S/C14H15FN2O/c15-13-5-3-11(4-6-13)9-12(10-16)14(18)17-7-1-2-8-17/h3-6,12H,1-2,7-9H2. The van der Waals surface area contributed by atoms with Crippen molar-refractivity contribution in [2.45, 2.75) is 19.3 Å². The minimum absolute atomic E-state index is 0.0978. The number of likely N-dealkylation sites (tertiary alicyclic amines) is 1. The van der Waals surface area contributed by atoms with Gasteiger partial charge in [-0.05, 0) is 37.0 Å². The molecule has 1 aromatic rings. The number of hydrogen-bond acceptors (Lipinski definition) is 2. The maximum absolute atomic E-state index is 12.8. The molecule has 3 nitrogen and oxygen atoms in total. The molecule has 1 fully saturated rings. The normalized spacial score (nSPS) is 16.3. The van der Waals surface area contributed by atoms with Crippen molar-refractivity contribution in [2.24, 2.45) is 5.92 Å². The fourth-order valence-electron chi connectivity index (χ4n) is 2.20. The molecule has 1 atom stereocenters. The monoisotopic (exact) mass is 246 g/mol. The lowest BCUT2D eigenvalue weighted by atomic mass is 9.99. The number of amides is 1. The van der Waals surface area contributed by atoms with Crippen molar-refractivity contribution in [1.82, 2.24) is 4.90 Å². The van der Waals surface area contributed by atoms with Crippen LogP contribution in [0.5, 0.6) is 0 Å². The van der Waals surface area contributed by atoms with Crippen molar-refractivity contribution in [2.75, 3.05) is 13.1 Å². The summed E-state index contributed by atoms with van der Waals surface area (Å²) in [6, 6.07) is 8.00. The van der Waals surface area contributed by atoms with Crippen LogP contribution in [0.4, 0.5) is 4.39 Å². The van der Waals surface area contributed by atoms with Gasteiger partial charge in [-0.15, -0.1) is 0 Å². The van der Waals surface area contributed by atoms with Crippen molar-refractivity contribution in [3.05, 3.63) is 35.6 Å². The molecule has 0 aromatic heterocycles. The van der Waals surface area contributed by atoms with E-state index in [1.165, 1.54) is 12.1 Å². The smallest absolute Gasteiger partial charge is 0.240 e. The van der Waals surface area contributed by atoms with E-state index < -0.39 is 5.92 Å². The van der Waals surface area contributed by atoms with Gasteiger partial charge in [0, 0.05) is 13.1 Å². The average molecular weight is 246 g/mol. The Balaban J connectivity index is 2.03. The summed E-state index contributed by atoms with van der Waals surface area (Å²) in [5.74, 6) is -1.06. The summed E-state index contributed by atoms with van der Waals surface area (Å²) < 4.78 is 12.8. The Morgan fingerprint density at radius 1 is 1.33 bits per heavy atom. The van der Waals surface area contributed by atoms with E-state index in [0.717, 1.165) is 31.5 Å². The van der Waals surface area contributed by atoms with Crippen LogP contribution in [0.2, 0.25) is 0 Å². The molecule has 0 aliphatic carbocycles. The van der Waals surface area contributed by atoms with Gasteiger partial charge in [0.25, 0.3) is 0 Å². The highest BCUT2D eigenvalue weighted by Crippen LogP contribution is 2.16. The number of hydrogen-bond donors (Lipinski definition) is 0. The van der Waals surface area contributed by atoms with Gasteiger partial charge >= 0.3 is 0 Å². The Morgan fingerprint density at radius 3 is 2.50 bits per heavy atom. The maximum atomic E-state index is 12.8. The van der Waals surface area contributed by atoms with Crippen LogP contribution in [0.15, 0.2) is 24.3 Å². The minimum Gasteiger partial charge on any atom is -0.342 e. The molecule has 1 aliphatic heterocycles. The van der Waals surface area contributed by atoms with Crippen LogP contribution in [0.25, 0.3) is 0 Å². The molecule has 1 amide bonds. The molecule has 0 spiro atoms. The zero-order chi connectivity index (χ0) is 13.0. The zero-order valence-corrected chi connectivity index (χ0v) is 10.1. The number of halogens is 1. The number of nitrogens with zero attached hydrogens (tertiary/aromatic N) is 2.